The fourth-order valence-electron chi connectivity index (χ4n) is 3.70. The number of fused-ring (bicyclic) bond motifs is 1. The third-order valence-corrected chi connectivity index (χ3v) is 5.02. The van der Waals surface area contributed by atoms with Gasteiger partial charge in [0.1, 0.15) is 5.41 Å². The fraction of sp³-hybridized carbons (Fsp3) is 0.444. The number of aromatic nitrogens is 1. The zero-order valence-corrected chi connectivity index (χ0v) is 13.7. The van der Waals surface area contributed by atoms with E-state index in [0.29, 0.717) is 24.9 Å². The quantitative estimate of drug-likeness (QED) is 0.801. The second-order valence-corrected chi connectivity index (χ2v) is 6.49. The largest absolute Gasteiger partial charge is 0.481 e. The van der Waals surface area contributed by atoms with Crippen LogP contribution < -0.4 is 0 Å². The number of aliphatic hydroxyl groups is 1. The predicted octanol–water partition coefficient (Wildman–Crippen LogP) is 2.25. The number of piperidine rings is 1. The molecule has 3 N–H and O–H groups in total. The van der Waals surface area contributed by atoms with Crippen LogP contribution in [0.15, 0.2) is 30.5 Å². The third kappa shape index (κ3) is 2.57. The monoisotopic (exact) mass is 330 g/mol. The van der Waals surface area contributed by atoms with Crippen LogP contribution in [-0.4, -0.2) is 51.2 Å². The number of H-pyrrole nitrogens is 1. The highest BCUT2D eigenvalue weighted by molar-refractivity contribution is 6.06. The summed E-state index contributed by atoms with van der Waals surface area (Å²) in [6.45, 7) is 2.29. The van der Waals surface area contributed by atoms with Crippen LogP contribution in [0.25, 0.3) is 10.9 Å². The van der Waals surface area contributed by atoms with Crippen LogP contribution in [0.5, 0.6) is 0 Å². The molecule has 2 heterocycles. The van der Waals surface area contributed by atoms with Gasteiger partial charge >= 0.3 is 5.97 Å². The van der Waals surface area contributed by atoms with Crippen molar-refractivity contribution in [3.63, 3.8) is 0 Å². The average molecular weight is 330 g/mol. The van der Waals surface area contributed by atoms with Gasteiger partial charge in [-0.15, -0.1) is 0 Å². The van der Waals surface area contributed by atoms with Gasteiger partial charge in [0.2, 0.25) is 0 Å². The lowest BCUT2D eigenvalue weighted by molar-refractivity contribution is -0.162. The highest BCUT2D eigenvalue weighted by Crippen LogP contribution is 2.36. The van der Waals surface area contributed by atoms with Gasteiger partial charge in [0.05, 0.1) is 6.10 Å². The van der Waals surface area contributed by atoms with Crippen molar-refractivity contribution in [2.45, 2.75) is 32.3 Å². The van der Waals surface area contributed by atoms with E-state index in [1.54, 1.807) is 23.2 Å². The summed E-state index contributed by atoms with van der Waals surface area (Å²) in [5.41, 5.74) is 0.145. The molecule has 1 aliphatic rings. The smallest absolute Gasteiger partial charge is 0.314 e. The third-order valence-electron chi connectivity index (χ3n) is 5.02. The minimum atomic E-state index is -1.28. The highest BCUT2D eigenvalue weighted by Gasteiger charge is 2.49. The standard InChI is InChI=1S/C18H22N2O4/c1-2-8-18(17(23)24)11-20(10-7-15(18)21)16(22)13-4-3-5-14-12(13)6-9-19-14/h3-6,9,15,19,21H,2,7-8,10-11H2,1H3,(H,23,24)/t15-,18-/m1/s1. The maximum atomic E-state index is 13.0. The molecule has 6 nitrogen and oxygen atoms in total. The summed E-state index contributed by atoms with van der Waals surface area (Å²) in [6, 6.07) is 7.30. The first-order chi connectivity index (χ1) is 11.5. The number of carbonyl (C=O) groups excluding carboxylic acids is 1. The molecule has 2 atom stereocenters. The zero-order chi connectivity index (χ0) is 17.3. The van der Waals surface area contributed by atoms with E-state index in [1.807, 2.05) is 19.1 Å². The Morgan fingerprint density at radius 1 is 1.38 bits per heavy atom. The number of carboxylic acids is 1. The number of nitrogens with zero attached hydrogens (tertiary/aromatic N) is 1. The van der Waals surface area contributed by atoms with Crippen molar-refractivity contribution in [3.8, 4) is 0 Å². The van der Waals surface area contributed by atoms with Crippen LogP contribution >= 0.6 is 0 Å². The summed E-state index contributed by atoms with van der Waals surface area (Å²) in [5, 5.41) is 20.8. The summed E-state index contributed by atoms with van der Waals surface area (Å²) in [5.74, 6) is -1.22. The molecule has 3 rings (SSSR count). The molecule has 128 valence electrons. The molecule has 0 radical (unpaired) electrons. The van der Waals surface area contributed by atoms with Crippen LogP contribution in [-0.2, 0) is 4.79 Å². The molecule has 6 heteroatoms. The van der Waals surface area contributed by atoms with Crippen molar-refractivity contribution in [1.29, 1.82) is 0 Å². The van der Waals surface area contributed by atoms with Crippen molar-refractivity contribution >= 4 is 22.8 Å². The second-order valence-electron chi connectivity index (χ2n) is 6.49. The Kier molecular flexibility index (Phi) is 4.32. The minimum absolute atomic E-state index is 0.0387. The van der Waals surface area contributed by atoms with Gasteiger partial charge in [0.25, 0.3) is 5.91 Å². The van der Waals surface area contributed by atoms with Gasteiger partial charge in [-0.3, -0.25) is 9.59 Å². The molecule has 1 aromatic heterocycles. The van der Waals surface area contributed by atoms with Gasteiger partial charge in [0, 0.05) is 35.8 Å². The lowest BCUT2D eigenvalue weighted by Gasteiger charge is -2.43. The molecular weight excluding hydrogens is 308 g/mol. The number of aliphatic carboxylic acids is 1. The predicted molar refractivity (Wildman–Crippen MR) is 89.8 cm³/mol. The van der Waals surface area contributed by atoms with E-state index in [2.05, 4.69) is 4.98 Å². The molecule has 0 aliphatic carbocycles. The number of nitrogens with one attached hydrogen (secondary N) is 1. The Morgan fingerprint density at radius 3 is 2.88 bits per heavy atom. The van der Waals surface area contributed by atoms with Crippen molar-refractivity contribution in [1.82, 2.24) is 9.88 Å². The number of rotatable bonds is 4. The lowest BCUT2D eigenvalue weighted by Crippen LogP contribution is -2.57. The Labute approximate surface area is 140 Å². The number of carboxylic acid groups (broad SMARTS) is 1. The number of benzene rings is 1. The van der Waals surface area contributed by atoms with E-state index in [0.717, 1.165) is 10.9 Å². The average Bonchev–Trinajstić information content (AvgIpc) is 3.04. The molecule has 2 aromatic rings. The number of likely N-dealkylation sites (tertiary alicyclic amines) is 1. The van der Waals surface area contributed by atoms with Crippen molar-refractivity contribution in [2.24, 2.45) is 5.41 Å². The minimum Gasteiger partial charge on any atom is -0.481 e. The molecule has 1 aliphatic heterocycles. The molecular formula is C18H22N2O4. The molecule has 1 fully saturated rings. The molecule has 1 amide bonds. The molecule has 0 unspecified atom stereocenters. The number of amides is 1. The van der Waals surface area contributed by atoms with Crippen molar-refractivity contribution in [2.75, 3.05) is 13.1 Å². The Hall–Kier alpha value is -2.34. The molecule has 1 saturated heterocycles. The van der Waals surface area contributed by atoms with Gasteiger partial charge in [-0.1, -0.05) is 19.4 Å². The summed E-state index contributed by atoms with van der Waals surface area (Å²) in [7, 11) is 0. The van der Waals surface area contributed by atoms with Gasteiger partial charge in [-0.25, -0.2) is 0 Å². The van der Waals surface area contributed by atoms with E-state index in [-0.39, 0.29) is 18.9 Å². The van der Waals surface area contributed by atoms with Crippen LogP contribution in [0.1, 0.15) is 36.5 Å². The number of carbonyl (C=O) groups is 2. The number of hydrogen-bond donors (Lipinski definition) is 3. The maximum Gasteiger partial charge on any atom is 0.314 e. The molecule has 24 heavy (non-hydrogen) atoms. The topological polar surface area (TPSA) is 93.6 Å². The van der Waals surface area contributed by atoms with Gasteiger partial charge in [0.15, 0.2) is 0 Å². The van der Waals surface area contributed by atoms with E-state index in [9.17, 15) is 19.8 Å². The number of aliphatic hydroxyl groups excluding tert-OH is 1. The molecule has 0 bridgehead atoms. The Balaban J connectivity index is 1.93. The SMILES string of the molecule is CCC[C@@]1(C(=O)O)CN(C(=O)c2cccc3[nH]ccc23)CC[C@H]1O. The Morgan fingerprint density at radius 2 is 2.17 bits per heavy atom. The van der Waals surface area contributed by atoms with Crippen molar-refractivity contribution < 1.29 is 19.8 Å². The Bertz CT molecular complexity index is 769. The van der Waals surface area contributed by atoms with E-state index in [1.165, 1.54) is 0 Å². The van der Waals surface area contributed by atoms with Crippen LogP contribution in [0, 0.1) is 5.41 Å². The zero-order valence-electron chi connectivity index (χ0n) is 13.7. The first-order valence-electron chi connectivity index (χ1n) is 8.26. The molecule has 0 spiro atoms. The van der Waals surface area contributed by atoms with Crippen LogP contribution in [0.4, 0.5) is 0 Å². The normalized spacial score (nSPS) is 24.2. The summed E-state index contributed by atoms with van der Waals surface area (Å²) in [6.07, 6.45) is 2.11. The maximum absolute atomic E-state index is 13.0. The van der Waals surface area contributed by atoms with Crippen LogP contribution in [0.2, 0.25) is 0 Å². The van der Waals surface area contributed by atoms with E-state index in [4.69, 9.17) is 0 Å². The summed E-state index contributed by atoms with van der Waals surface area (Å²) >= 11 is 0. The summed E-state index contributed by atoms with van der Waals surface area (Å²) < 4.78 is 0. The first-order valence-corrected chi connectivity index (χ1v) is 8.26. The van der Waals surface area contributed by atoms with E-state index >= 15 is 0 Å². The first kappa shape index (κ1) is 16.5. The summed E-state index contributed by atoms with van der Waals surface area (Å²) in [4.78, 5) is 29.5. The lowest BCUT2D eigenvalue weighted by atomic mass is 9.74. The van der Waals surface area contributed by atoms with Crippen molar-refractivity contribution in [3.05, 3.63) is 36.0 Å². The van der Waals surface area contributed by atoms with E-state index < -0.39 is 17.5 Å². The van der Waals surface area contributed by atoms with Gasteiger partial charge in [-0.05, 0) is 31.0 Å². The number of aromatic amines is 1. The van der Waals surface area contributed by atoms with Crippen LogP contribution in [0.3, 0.4) is 0 Å². The molecule has 1 aromatic carbocycles. The molecule has 0 saturated carbocycles. The number of hydrogen-bond acceptors (Lipinski definition) is 3. The van der Waals surface area contributed by atoms with Gasteiger partial charge in [-0.2, -0.15) is 0 Å². The highest BCUT2D eigenvalue weighted by atomic mass is 16.4. The second kappa shape index (κ2) is 6.28. The van der Waals surface area contributed by atoms with Gasteiger partial charge < -0.3 is 20.1 Å². The fourth-order valence-corrected chi connectivity index (χ4v) is 3.70.